The smallest absolute Gasteiger partial charge is 0.144 e. The lowest BCUT2D eigenvalue weighted by Crippen LogP contribution is -2.32. The topological polar surface area (TPSA) is 17.1 Å². The molecule has 0 N–H and O–H groups in total. The Kier molecular flexibility index (Phi) is 15.6. The number of hydrogen-bond acceptors (Lipinski definition) is 1. The Morgan fingerprint density at radius 3 is 2.00 bits per heavy atom. The predicted octanol–water partition coefficient (Wildman–Crippen LogP) is 6.89. The highest BCUT2D eigenvalue weighted by atomic mass is 16.1. The van der Waals surface area contributed by atoms with E-state index in [9.17, 15) is 4.79 Å². The summed E-state index contributed by atoms with van der Waals surface area (Å²) in [4.78, 5) is 12.1. The Morgan fingerprint density at radius 2 is 1.64 bits per heavy atom. The first kappa shape index (κ1) is 25.2. The van der Waals surface area contributed by atoms with E-state index in [1.807, 2.05) is 51.1 Å². The molecule has 0 heterocycles. The van der Waals surface area contributed by atoms with Crippen LogP contribution in [0, 0.1) is 12.3 Å². The molecule has 25 heavy (non-hydrogen) atoms. The van der Waals surface area contributed by atoms with Crippen LogP contribution in [0.5, 0.6) is 0 Å². The largest absolute Gasteiger partial charge is 0.299 e. The number of carbonyl (C=O) groups is 1. The molecule has 0 saturated carbocycles. The number of ketones is 1. The lowest BCUT2D eigenvalue weighted by molar-refractivity contribution is -0.120. The summed E-state index contributed by atoms with van der Waals surface area (Å²) in [5.74, 6) is 2.45. The molecule has 0 saturated heterocycles. The first-order valence-electron chi connectivity index (χ1n) is 9.29. The quantitative estimate of drug-likeness (QED) is 0.547. The Balaban J connectivity index is 0. The van der Waals surface area contributed by atoms with Gasteiger partial charge in [0.1, 0.15) is 5.78 Å². The summed E-state index contributed by atoms with van der Waals surface area (Å²) in [6, 6.07) is 10.0. The van der Waals surface area contributed by atoms with Gasteiger partial charge in [0.15, 0.2) is 0 Å². The molecule has 1 aromatic rings. The van der Waals surface area contributed by atoms with Gasteiger partial charge in [-0.25, -0.2) is 0 Å². The molecule has 1 heteroatoms. The molecule has 0 bridgehead atoms. The van der Waals surface area contributed by atoms with Crippen molar-refractivity contribution in [2.45, 2.75) is 73.1 Å². The van der Waals surface area contributed by atoms with Gasteiger partial charge in [-0.2, -0.15) is 0 Å². The molecule has 1 aromatic carbocycles. The molecule has 1 unspecified atom stereocenters. The first-order valence-corrected chi connectivity index (χ1v) is 9.29. The third-order valence-corrected chi connectivity index (χ3v) is 3.63. The van der Waals surface area contributed by atoms with Crippen molar-refractivity contribution in [1.29, 1.82) is 0 Å². The molecule has 0 amide bonds. The number of rotatable bonds is 3. The van der Waals surface area contributed by atoms with Gasteiger partial charge in [0, 0.05) is 0 Å². The average Bonchev–Trinajstić information content (AvgIpc) is 2.65. The normalized spacial score (nSPS) is 13.8. The summed E-state index contributed by atoms with van der Waals surface area (Å²) in [5.41, 5.74) is 1.70. The lowest BCUT2D eigenvalue weighted by Gasteiger charge is -2.30. The van der Waals surface area contributed by atoms with Crippen LogP contribution in [0.1, 0.15) is 73.3 Å². The fourth-order valence-electron chi connectivity index (χ4n) is 2.33. The van der Waals surface area contributed by atoms with E-state index >= 15 is 0 Å². The number of benzene rings is 1. The van der Waals surface area contributed by atoms with E-state index in [0.717, 1.165) is 24.0 Å². The van der Waals surface area contributed by atoms with Gasteiger partial charge in [-0.05, 0) is 44.7 Å². The van der Waals surface area contributed by atoms with Gasteiger partial charge in [0.05, 0.1) is 5.41 Å². The zero-order valence-corrected chi connectivity index (χ0v) is 17.2. The van der Waals surface area contributed by atoms with Crippen molar-refractivity contribution in [3.8, 4) is 12.3 Å². The summed E-state index contributed by atoms with van der Waals surface area (Å²) in [6.07, 6.45) is 14.4. The van der Waals surface area contributed by atoms with Crippen molar-refractivity contribution in [2.24, 2.45) is 0 Å². The molecule has 138 valence electrons. The second-order valence-electron chi connectivity index (χ2n) is 5.68. The van der Waals surface area contributed by atoms with Crippen LogP contribution in [0.3, 0.4) is 0 Å². The fraction of sp³-hybridized carbons (Fsp3) is 0.458. The summed E-state index contributed by atoms with van der Waals surface area (Å²) < 4.78 is 0. The molecular weight excluding hydrogens is 304 g/mol. The van der Waals surface area contributed by atoms with Crippen molar-refractivity contribution in [3.63, 3.8) is 0 Å². The molecule has 0 spiro atoms. The van der Waals surface area contributed by atoms with Crippen LogP contribution in [-0.2, 0) is 10.2 Å². The number of carbonyl (C=O) groups excluding carboxylic acids is 1. The van der Waals surface area contributed by atoms with Crippen LogP contribution >= 0.6 is 0 Å². The van der Waals surface area contributed by atoms with Crippen LogP contribution in [0.4, 0.5) is 0 Å². The molecule has 0 fully saturated rings. The van der Waals surface area contributed by atoms with E-state index in [0.29, 0.717) is 0 Å². The Bertz CT molecular complexity index is 558. The molecule has 1 aliphatic carbocycles. The van der Waals surface area contributed by atoms with Crippen LogP contribution < -0.4 is 0 Å². The number of Topliss-reactive ketones (excluding diaryl/α,β-unsaturated/α-hetero) is 1. The Hall–Kier alpha value is -2.07. The van der Waals surface area contributed by atoms with Crippen molar-refractivity contribution in [1.82, 2.24) is 0 Å². The van der Waals surface area contributed by atoms with Crippen molar-refractivity contribution in [2.75, 3.05) is 0 Å². The zero-order valence-electron chi connectivity index (χ0n) is 17.2. The number of terminal acetylenes is 1. The molecule has 1 aliphatic rings. The first-order chi connectivity index (χ1) is 12.0. The number of hydrogen-bond donors (Lipinski definition) is 0. The van der Waals surface area contributed by atoms with Crippen LogP contribution in [0.15, 0.2) is 54.1 Å². The minimum absolute atomic E-state index is 0.196. The third-order valence-electron chi connectivity index (χ3n) is 3.63. The van der Waals surface area contributed by atoms with Crippen LogP contribution in [-0.4, -0.2) is 5.78 Å². The van der Waals surface area contributed by atoms with Gasteiger partial charge in [0.25, 0.3) is 0 Å². The van der Waals surface area contributed by atoms with Gasteiger partial charge in [-0.3, -0.25) is 4.79 Å². The van der Waals surface area contributed by atoms with Gasteiger partial charge < -0.3 is 0 Å². The Labute approximate surface area is 156 Å². The average molecular weight is 341 g/mol. The molecule has 0 aromatic heterocycles. The maximum Gasteiger partial charge on any atom is 0.144 e. The van der Waals surface area contributed by atoms with E-state index in [4.69, 9.17) is 0 Å². The molecular formula is C24H36O. The summed E-state index contributed by atoms with van der Waals surface area (Å²) in [5, 5.41) is 0. The Morgan fingerprint density at radius 1 is 1.16 bits per heavy atom. The molecule has 0 aliphatic heterocycles. The van der Waals surface area contributed by atoms with Gasteiger partial charge in [-0.15, -0.1) is 12.3 Å². The molecule has 2 rings (SSSR count). The van der Waals surface area contributed by atoms with Gasteiger partial charge in [0.2, 0.25) is 0 Å². The monoisotopic (exact) mass is 340 g/mol. The van der Waals surface area contributed by atoms with E-state index in [2.05, 4.69) is 44.4 Å². The lowest BCUT2D eigenvalue weighted by atomic mass is 9.71. The van der Waals surface area contributed by atoms with E-state index < -0.39 is 5.41 Å². The van der Waals surface area contributed by atoms with E-state index in [1.54, 1.807) is 13.8 Å². The second kappa shape index (κ2) is 15.5. The van der Waals surface area contributed by atoms with E-state index in [1.165, 1.54) is 6.42 Å². The second-order valence-corrected chi connectivity index (χ2v) is 5.68. The van der Waals surface area contributed by atoms with Crippen molar-refractivity contribution >= 4 is 5.78 Å². The highest BCUT2D eigenvalue weighted by Crippen LogP contribution is 2.35. The minimum atomic E-state index is -0.502. The summed E-state index contributed by atoms with van der Waals surface area (Å²) >= 11 is 0. The number of allylic oxidation sites excluding steroid dienone is 4. The summed E-state index contributed by atoms with van der Waals surface area (Å²) in [6.45, 7) is 13.6. The van der Waals surface area contributed by atoms with Crippen LogP contribution in [0.2, 0.25) is 0 Å². The fourth-order valence-corrected chi connectivity index (χ4v) is 2.33. The SMILES string of the molecule is C#CC.CC.CC(=O)C(C)(C1=CCCC=C1)c1ccccc1.CCC. The molecule has 1 nitrogen and oxygen atoms in total. The highest BCUT2D eigenvalue weighted by molar-refractivity contribution is 5.92. The predicted molar refractivity (Wildman–Crippen MR) is 113 cm³/mol. The zero-order chi connectivity index (χ0) is 19.7. The van der Waals surface area contributed by atoms with Crippen molar-refractivity contribution in [3.05, 3.63) is 59.7 Å². The highest BCUT2D eigenvalue weighted by Gasteiger charge is 2.34. The van der Waals surface area contributed by atoms with Gasteiger partial charge in [-0.1, -0.05) is 82.7 Å². The standard InChI is InChI=1S/C16H18O.C3H8.C3H4.C2H6/c1-13(17)16(2,14-9-5-3-6-10-14)15-11-7-4-8-12-15;2*1-3-2;1-2/h3,5-7,9-12H,4,8H2,1-2H3;3H2,1-2H3;1H,2H3;1-2H3. The summed E-state index contributed by atoms with van der Waals surface area (Å²) in [7, 11) is 0. The maximum absolute atomic E-state index is 12.1. The van der Waals surface area contributed by atoms with E-state index in [-0.39, 0.29) is 5.78 Å². The molecule has 0 radical (unpaired) electrons. The maximum atomic E-state index is 12.1. The van der Waals surface area contributed by atoms with Gasteiger partial charge >= 0.3 is 0 Å². The molecule has 1 atom stereocenters. The minimum Gasteiger partial charge on any atom is -0.299 e. The van der Waals surface area contributed by atoms with Crippen molar-refractivity contribution < 1.29 is 4.79 Å². The van der Waals surface area contributed by atoms with Crippen LogP contribution in [0.25, 0.3) is 0 Å². The third kappa shape index (κ3) is 8.54.